The summed E-state index contributed by atoms with van der Waals surface area (Å²) in [6.45, 7) is 5.25. The highest BCUT2D eigenvalue weighted by atomic mass is 16.4. The van der Waals surface area contributed by atoms with Gasteiger partial charge in [-0.1, -0.05) is 26.7 Å². The van der Waals surface area contributed by atoms with Gasteiger partial charge in [0.2, 0.25) is 0 Å². The predicted molar refractivity (Wildman–Crippen MR) is 101 cm³/mol. The van der Waals surface area contributed by atoms with Gasteiger partial charge in [-0.2, -0.15) is 0 Å². The third-order valence-electron chi connectivity index (χ3n) is 9.72. The van der Waals surface area contributed by atoms with Crippen molar-refractivity contribution in [3.05, 3.63) is 0 Å². The molecule has 0 spiro atoms. The SMILES string of the molecule is CC12CCCCC1CC[C@@H]1C2CCC2(C)C(CCCC(=O)O)CCC12. The normalized spacial score (nSPS) is 49.1. The molecule has 0 amide bonds. The highest BCUT2D eigenvalue weighted by Gasteiger charge is 2.59. The van der Waals surface area contributed by atoms with Crippen molar-refractivity contribution in [2.45, 2.75) is 97.3 Å². The van der Waals surface area contributed by atoms with Crippen molar-refractivity contribution < 1.29 is 9.90 Å². The number of hydrogen-bond acceptors (Lipinski definition) is 1. The average molecular weight is 347 g/mol. The lowest BCUT2D eigenvalue weighted by Crippen LogP contribution is -2.52. The molecule has 0 aromatic carbocycles. The second-order valence-electron chi connectivity index (χ2n) is 10.5. The van der Waals surface area contributed by atoms with Crippen LogP contribution in [0.3, 0.4) is 0 Å². The summed E-state index contributed by atoms with van der Waals surface area (Å²) < 4.78 is 0. The lowest BCUT2D eigenvalue weighted by molar-refractivity contribution is -0.137. The summed E-state index contributed by atoms with van der Waals surface area (Å²) in [6, 6.07) is 0. The van der Waals surface area contributed by atoms with Crippen molar-refractivity contribution in [1.82, 2.24) is 0 Å². The van der Waals surface area contributed by atoms with Crippen LogP contribution in [-0.4, -0.2) is 11.1 Å². The Morgan fingerprint density at radius 1 is 0.920 bits per heavy atom. The van der Waals surface area contributed by atoms with Crippen molar-refractivity contribution in [3.8, 4) is 0 Å². The topological polar surface area (TPSA) is 37.3 Å². The molecule has 4 saturated carbocycles. The lowest BCUT2D eigenvalue weighted by atomic mass is 9.45. The Bertz CT molecular complexity index is 514. The largest absolute Gasteiger partial charge is 0.481 e. The molecule has 2 nitrogen and oxygen atoms in total. The summed E-state index contributed by atoms with van der Waals surface area (Å²) in [4.78, 5) is 10.9. The van der Waals surface area contributed by atoms with E-state index in [4.69, 9.17) is 5.11 Å². The minimum absolute atomic E-state index is 0.364. The van der Waals surface area contributed by atoms with E-state index < -0.39 is 5.97 Å². The number of hydrogen-bond donors (Lipinski definition) is 1. The van der Waals surface area contributed by atoms with Crippen LogP contribution in [-0.2, 0) is 4.79 Å². The van der Waals surface area contributed by atoms with Crippen LogP contribution in [0, 0.1) is 40.4 Å². The third-order valence-corrected chi connectivity index (χ3v) is 9.72. The van der Waals surface area contributed by atoms with Crippen LogP contribution in [0.1, 0.15) is 97.3 Å². The van der Waals surface area contributed by atoms with Gasteiger partial charge in [-0.3, -0.25) is 4.79 Å². The molecule has 7 atom stereocenters. The van der Waals surface area contributed by atoms with Gasteiger partial charge in [0.05, 0.1) is 0 Å². The van der Waals surface area contributed by atoms with Crippen LogP contribution in [0.5, 0.6) is 0 Å². The monoisotopic (exact) mass is 346 g/mol. The summed E-state index contributed by atoms with van der Waals surface area (Å²) in [6.07, 6.45) is 17.0. The quantitative estimate of drug-likeness (QED) is 0.649. The third kappa shape index (κ3) is 2.86. The predicted octanol–water partition coefficient (Wildman–Crippen LogP) is 6.29. The lowest BCUT2D eigenvalue weighted by Gasteiger charge is -2.60. The van der Waals surface area contributed by atoms with Crippen molar-refractivity contribution in [2.75, 3.05) is 0 Å². The number of carboxylic acid groups (broad SMARTS) is 1. The van der Waals surface area contributed by atoms with Gasteiger partial charge in [-0.25, -0.2) is 0 Å². The van der Waals surface area contributed by atoms with Crippen LogP contribution in [0.4, 0.5) is 0 Å². The van der Waals surface area contributed by atoms with Crippen molar-refractivity contribution >= 4 is 5.97 Å². The summed E-state index contributed by atoms with van der Waals surface area (Å²) in [5.74, 6) is 4.08. The number of carboxylic acids is 1. The van der Waals surface area contributed by atoms with E-state index in [1.165, 1.54) is 64.2 Å². The summed E-state index contributed by atoms with van der Waals surface area (Å²) in [5.41, 5.74) is 1.15. The Hall–Kier alpha value is -0.530. The number of rotatable bonds is 4. The van der Waals surface area contributed by atoms with E-state index in [0.29, 0.717) is 17.3 Å². The maximum atomic E-state index is 10.9. The highest BCUT2D eigenvalue weighted by Crippen LogP contribution is 2.67. The second kappa shape index (κ2) is 6.57. The number of aliphatic carboxylic acids is 1. The Morgan fingerprint density at radius 2 is 1.72 bits per heavy atom. The van der Waals surface area contributed by atoms with Crippen molar-refractivity contribution in [1.29, 1.82) is 0 Å². The minimum Gasteiger partial charge on any atom is -0.481 e. The fraction of sp³-hybridized carbons (Fsp3) is 0.957. The average Bonchev–Trinajstić information content (AvgIpc) is 2.91. The van der Waals surface area contributed by atoms with Gasteiger partial charge in [-0.15, -0.1) is 0 Å². The molecule has 0 heterocycles. The standard InChI is InChI=1S/C23H38O2/c1-22-14-4-3-6-16(22)9-11-18-19-12-10-17(7-5-8-21(24)25)23(19,2)15-13-20(18)22/h16-20H,3-15H2,1-2H3,(H,24,25)/t16?,17?,18-,19?,20?,22?,23?/m0/s1. The van der Waals surface area contributed by atoms with Gasteiger partial charge in [0.25, 0.3) is 0 Å². The first kappa shape index (κ1) is 17.9. The molecule has 6 unspecified atom stereocenters. The van der Waals surface area contributed by atoms with Gasteiger partial charge in [0, 0.05) is 6.42 Å². The highest BCUT2D eigenvalue weighted by molar-refractivity contribution is 5.66. The van der Waals surface area contributed by atoms with Crippen molar-refractivity contribution in [2.24, 2.45) is 40.4 Å². The molecule has 4 aliphatic rings. The summed E-state index contributed by atoms with van der Waals surface area (Å²) in [5, 5.41) is 8.98. The van der Waals surface area contributed by atoms with E-state index >= 15 is 0 Å². The molecule has 4 fully saturated rings. The Balaban J connectivity index is 1.48. The Labute approximate surface area is 154 Å². The Morgan fingerprint density at radius 3 is 2.52 bits per heavy atom. The van der Waals surface area contributed by atoms with Crippen LogP contribution in [0.15, 0.2) is 0 Å². The zero-order valence-corrected chi connectivity index (χ0v) is 16.4. The van der Waals surface area contributed by atoms with E-state index in [-0.39, 0.29) is 0 Å². The minimum atomic E-state index is -0.619. The molecule has 4 rings (SSSR count). The molecule has 0 radical (unpaired) electrons. The summed E-state index contributed by atoms with van der Waals surface area (Å²) in [7, 11) is 0. The van der Waals surface area contributed by atoms with Crippen molar-refractivity contribution in [3.63, 3.8) is 0 Å². The van der Waals surface area contributed by atoms with E-state index in [2.05, 4.69) is 13.8 Å². The van der Waals surface area contributed by atoms with Gasteiger partial charge >= 0.3 is 5.97 Å². The van der Waals surface area contributed by atoms with Gasteiger partial charge < -0.3 is 5.11 Å². The fourth-order valence-electron chi connectivity index (χ4n) is 8.38. The molecule has 0 bridgehead atoms. The van der Waals surface area contributed by atoms with Gasteiger partial charge in [-0.05, 0) is 105 Å². The van der Waals surface area contributed by atoms with E-state index in [0.717, 1.165) is 42.4 Å². The molecule has 0 aliphatic heterocycles. The first-order chi connectivity index (χ1) is 11.9. The van der Waals surface area contributed by atoms with Gasteiger partial charge in [0.1, 0.15) is 0 Å². The molecule has 25 heavy (non-hydrogen) atoms. The van der Waals surface area contributed by atoms with Crippen LogP contribution >= 0.6 is 0 Å². The maximum Gasteiger partial charge on any atom is 0.303 e. The molecule has 0 aromatic rings. The number of carbonyl (C=O) groups is 1. The summed E-state index contributed by atoms with van der Waals surface area (Å²) >= 11 is 0. The zero-order valence-electron chi connectivity index (χ0n) is 16.4. The molecular weight excluding hydrogens is 308 g/mol. The van der Waals surface area contributed by atoms with Gasteiger partial charge in [0.15, 0.2) is 0 Å². The first-order valence-electron chi connectivity index (χ1n) is 11.2. The van der Waals surface area contributed by atoms with E-state index in [9.17, 15) is 4.79 Å². The smallest absolute Gasteiger partial charge is 0.303 e. The molecule has 0 saturated heterocycles. The molecule has 142 valence electrons. The molecule has 4 aliphatic carbocycles. The second-order valence-corrected chi connectivity index (χ2v) is 10.5. The first-order valence-corrected chi connectivity index (χ1v) is 11.2. The molecular formula is C23H38O2. The van der Waals surface area contributed by atoms with E-state index in [1.807, 2.05) is 0 Å². The van der Waals surface area contributed by atoms with Crippen LogP contribution in [0.25, 0.3) is 0 Å². The maximum absolute atomic E-state index is 10.9. The zero-order chi connectivity index (χ0) is 17.7. The number of fused-ring (bicyclic) bond motifs is 5. The van der Waals surface area contributed by atoms with Crippen LogP contribution in [0.2, 0.25) is 0 Å². The Kier molecular flexibility index (Phi) is 4.69. The molecule has 0 aromatic heterocycles. The van der Waals surface area contributed by atoms with E-state index in [1.54, 1.807) is 0 Å². The van der Waals surface area contributed by atoms with Crippen LogP contribution < -0.4 is 0 Å². The molecule has 1 N–H and O–H groups in total. The molecule has 2 heteroatoms. The fourth-order valence-corrected chi connectivity index (χ4v) is 8.38.